The van der Waals surface area contributed by atoms with E-state index >= 15 is 0 Å². The van der Waals surface area contributed by atoms with Gasteiger partial charge >= 0.3 is 0 Å². The minimum Gasteiger partial charge on any atom is -0.385 e. The molecule has 0 aromatic rings. The van der Waals surface area contributed by atoms with Crippen LogP contribution in [0, 0.1) is 0 Å². The molecular formula is C9H19N2O. The Morgan fingerprint density at radius 3 is 3.08 bits per heavy atom. The highest BCUT2D eigenvalue weighted by atomic mass is 16.5. The van der Waals surface area contributed by atoms with E-state index in [0.29, 0.717) is 6.04 Å². The molecule has 0 amide bonds. The average Bonchev–Trinajstić information content (AvgIpc) is 2.27. The second kappa shape index (κ2) is 5.51. The van der Waals surface area contributed by atoms with E-state index < -0.39 is 0 Å². The molecule has 1 atom stereocenters. The fourth-order valence-electron chi connectivity index (χ4n) is 1.60. The van der Waals surface area contributed by atoms with Gasteiger partial charge in [0.1, 0.15) is 0 Å². The molecule has 1 aliphatic heterocycles. The van der Waals surface area contributed by atoms with Gasteiger partial charge in [-0.05, 0) is 19.9 Å². The Kier molecular flexibility index (Phi) is 4.58. The van der Waals surface area contributed by atoms with Crippen molar-refractivity contribution < 1.29 is 4.74 Å². The van der Waals surface area contributed by atoms with Crippen molar-refractivity contribution in [1.29, 1.82) is 0 Å². The fraction of sp³-hybridized carbons (Fsp3) is 1.00. The molecule has 1 fully saturated rings. The van der Waals surface area contributed by atoms with Crippen LogP contribution in [0.3, 0.4) is 0 Å². The maximum absolute atomic E-state index is 5.08. The standard InChI is InChI=1S/C9H19N2O/c1-11-7-6-10-5-3-9(11)4-8-12-2/h9H,3-8H2,1-2H3. The third-order valence-corrected chi connectivity index (χ3v) is 2.51. The van der Waals surface area contributed by atoms with Crippen LogP contribution in [0.2, 0.25) is 0 Å². The van der Waals surface area contributed by atoms with Gasteiger partial charge in [0.2, 0.25) is 0 Å². The Morgan fingerprint density at radius 1 is 1.50 bits per heavy atom. The first-order chi connectivity index (χ1) is 5.84. The number of rotatable bonds is 3. The molecule has 3 nitrogen and oxygen atoms in total. The van der Waals surface area contributed by atoms with Gasteiger partial charge in [0.15, 0.2) is 0 Å². The summed E-state index contributed by atoms with van der Waals surface area (Å²) < 4.78 is 5.08. The lowest BCUT2D eigenvalue weighted by Crippen LogP contribution is -2.33. The molecule has 3 heteroatoms. The lowest BCUT2D eigenvalue weighted by atomic mass is 10.1. The van der Waals surface area contributed by atoms with E-state index in [2.05, 4.69) is 17.3 Å². The van der Waals surface area contributed by atoms with Crippen LogP contribution in [0.4, 0.5) is 0 Å². The summed E-state index contributed by atoms with van der Waals surface area (Å²) in [7, 11) is 3.95. The second-order valence-electron chi connectivity index (χ2n) is 3.38. The molecule has 1 radical (unpaired) electrons. The van der Waals surface area contributed by atoms with Gasteiger partial charge in [0.25, 0.3) is 0 Å². The maximum atomic E-state index is 5.08. The quantitative estimate of drug-likeness (QED) is 0.612. The summed E-state index contributed by atoms with van der Waals surface area (Å²) in [4.78, 5) is 2.40. The van der Waals surface area contributed by atoms with Crippen LogP contribution in [-0.2, 0) is 4.74 Å². The molecule has 12 heavy (non-hydrogen) atoms. The first-order valence-corrected chi connectivity index (χ1v) is 4.67. The third-order valence-electron chi connectivity index (χ3n) is 2.51. The van der Waals surface area contributed by atoms with Gasteiger partial charge in [-0.2, -0.15) is 0 Å². The lowest BCUT2D eigenvalue weighted by molar-refractivity contribution is 0.149. The molecule has 1 saturated heterocycles. The molecule has 0 aromatic heterocycles. The second-order valence-corrected chi connectivity index (χ2v) is 3.38. The SMILES string of the molecule is COCCC1CC[N]CCN1C. The zero-order valence-corrected chi connectivity index (χ0v) is 8.12. The van der Waals surface area contributed by atoms with Gasteiger partial charge in [-0.1, -0.05) is 0 Å². The minimum absolute atomic E-state index is 0.677. The van der Waals surface area contributed by atoms with E-state index in [1.165, 1.54) is 6.42 Å². The van der Waals surface area contributed by atoms with Crippen LogP contribution in [0.25, 0.3) is 0 Å². The van der Waals surface area contributed by atoms with Crippen molar-refractivity contribution in [3.05, 3.63) is 0 Å². The highest BCUT2D eigenvalue weighted by Crippen LogP contribution is 2.08. The highest BCUT2D eigenvalue weighted by molar-refractivity contribution is 4.73. The van der Waals surface area contributed by atoms with E-state index in [4.69, 9.17) is 4.74 Å². The Labute approximate surface area is 75.1 Å². The van der Waals surface area contributed by atoms with Crippen LogP contribution in [0.1, 0.15) is 12.8 Å². The normalized spacial score (nSPS) is 27.0. The first kappa shape index (κ1) is 9.96. The number of ether oxygens (including phenoxy) is 1. The Balaban J connectivity index is 2.26. The topological polar surface area (TPSA) is 26.6 Å². The average molecular weight is 171 g/mol. The summed E-state index contributed by atoms with van der Waals surface area (Å²) in [5.74, 6) is 0. The third kappa shape index (κ3) is 3.09. The Bertz CT molecular complexity index is 119. The number of nitrogens with zero attached hydrogens (tertiary/aromatic N) is 2. The van der Waals surface area contributed by atoms with Crippen molar-refractivity contribution in [2.24, 2.45) is 0 Å². The molecule has 71 valence electrons. The van der Waals surface area contributed by atoms with Crippen molar-refractivity contribution >= 4 is 0 Å². The zero-order valence-electron chi connectivity index (χ0n) is 8.12. The van der Waals surface area contributed by atoms with E-state index in [0.717, 1.165) is 32.7 Å². The van der Waals surface area contributed by atoms with Gasteiger partial charge in [-0.15, -0.1) is 0 Å². The smallest absolute Gasteiger partial charge is 0.0477 e. The summed E-state index contributed by atoms with van der Waals surface area (Å²) >= 11 is 0. The number of likely N-dealkylation sites (N-methyl/N-ethyl adjacent to an activating group) is 1. The molecule has 0 aromatic carbocycles. The van der Waals surface area contributed by atoms with Gasteiger partial charge in [0.05, 0.1) is 0 Å². The van der Waals surface area contributed by atoms with E-state index in [1.54, 1.807) is 7.11 Å². The zero-order chi connectivity index (χ0) is 8.81. The van der Waals surface area contributed by atoms with Crippen LogP contribution < -0.4 is 5.32 Å². The van der Waals surface area contributed by atoms with Crippen LogP contribution in [0.15, 0.2) is 0 Å². The summed E-state index contributed by atoms with van der Waals surface area (Å²) in [6.45, 7) is 4.00. The van der Waals surface area contributed by atoms with Gasteiger partial charge in [-0.25, -0.2) is 5.32 Å². The summed E-state index contributed by atoms with van der Waals surface area (Å²) in [6, 6.07) is 0.677. The van der Waals surface area contributed by atoms with Crippen molar-refractivity contribution in [2.75, 3.05) is 40.4 Å². The maximum Gasteiger partial charge on any atom is 0.0477 e. The van der Waals surface area contributed by atoms with Crippen molar-refractivity contribution in [3.63, 3.8) is 0 Å². The Hall–Kier alpha value is -0.120. The first-order valence-electron chi connectivity index (χ1n) is 4.67. The van der Waals surface area contributed by atoms with E-state index in [9.17, 15) is 0 Å². The molecule has 0 saturated carbocycles. The molecule has 1 rings (SSSR count). The summed E-state index contributed by atoms with van der Waals surface area (Å²) in [5.41, 5.74) is 0. The number of hydrogen-bond donors (Lipinski definition) is 0. The molecule has 0 spiro atoms. The van der Waals surface area contributed by atoms with Crippen LogP contribution in [0.5, 0.6) is 0 Å². The lowest BCUT2D eigenvalue weighted by Gasteiger charge is -2.24. The number of hydrogen-bond acceptors (Lipinski definition) is 2. The molecule has 0 N–H and O–H groups in total. The monoisotopic (exact) mass is 171 g/mol. The van der Waals surface area contributed by atoms with Crippen LogP contribution in [-0.4, -0.2) is 51.3 Å². The van der Waals surface area contributed by atoms with Gasteiger partial charge in [0, 0.05) is 39.4 Å². The fourth-order valence-corrected chi connectivity index (χ4v) is 1.60. The molecular weight excluding hydrogens is 152 g/mol. The molecule has 1 heterocycles. The van der Waals surface area contributed by atoms with Crippen molar-refractivity contribution in [2.45, 2.75) is 18.9 Å². The van der Waals surface area contributed by atoms with Gasteiger partial charge in [-0.3, -0.25) is 0 Å². The van der Waals surface area contributed by atoms with E-state index in [1.807, 2.05) is 0 Å². The van der Waals surface area contributed by atoms with Gasteiger partial charge < -0.3 is 9.64 Å². The predicted molar refractivity (Wildman–Crippen MR) is 49.4 cm³/mol. The predicted octanol–water partition coefficient (Wildman–Crippen LogP) is 0.331. The highest BCUT2D eigenvalue weighted by Gasteiger charge is 2.16. The number of methoxy groups -OCH3 is 1. The van der Waals surface area contributed by atoms with Crippen molar-refractivity contribution in [1.82, 2.24) is 10.2 Å². The molecule has 1 aliphatic rings. The minimum atomic E-state index is 0.677. The van der Waals surface area contributed by atoms with Crippen LogP contribution >= 0.6 is 0 Å². The molecule has 0 bridgehead atoms. The largest absolute Gasteiger partial charge is 0.385 e. The molecule has 1 unspecified atom stereocenters. The molecule has 0 aliphatic carbocycles. The summed E-state index contributed by atoms with van der Waals surface area (Å²) in [6.07, 6.45) is 2.34. The Morgan fingerprint density at radius 2 is 2.33 bits per heavy atom. The summed E-state index contributed by atoms with van der Waals surface area (Å²) in [5, 5.41) is 4.40. The van der Waals surface area contributed by atoms with Crippen molar-refractivity contribution in [3.8, 4) is 0 Å². The van der Waals surface area contributed by atoms with E-state index in [-0.39, 0.29) is 0 Å².